The van der Waals surface area contributed by atoms with Gasteiger partial charge in [0.15, 0.2) is 0 Å². The van der Waals surface area contributed by atoms with E-state index in [1.165, 1.54) is 12.3 Å². The molecule has 0 atom stereocenters. The molecular weight excluding hydrogens is 315 g/mol. The minimum atomic E-state index is -4.44. The van der Waals surface area contributed by atoms with Crippen molar-refractivity contribution in [3.63, 3.8) is 0 Å². The first-order chi connectivity index (χ1) is 9.27. The predicted molar refractivity (Wildman–Crippen MR) is 68.3 cm³/mol. The number of benzene rings is 1. The van der Waals surface area contributed by atoms with E-state index in [0.29, 0.717) is 10.6 Å². The minimum Gasteiger partial charge on any atom is -0.477 e. The Morgan fingerprint density at radius 3 is 2.60 bits per heavy atom. The lowest BCUT2D eigenvalue weighted by molar-refractivity contribution is -0.137. The Kier molecular flexibility index (Phi) is 4.01. The van der Waals surface area contributed by atoms with Gasteiger partial charge in [0.1, 0.15) is 4.88 Å². The summed E-state index contributed by atoms with van der Waals surface area (Å²) in [7, 11) is 0. The lowest BCUT2D eigenvalue weighted by atomic mass is 10.1. The van der Waals surface area contributed by atoms with Crippen LogP contribution in [0.25, 0.3) is 0 Å². The van der Waals surface area contributed by atoms with E-state index in [2.05, 4.69) is 4.98 Å². The maximum absolute atomic E-state index is 12.5. The van der Waals surface area contributed by atoms with E-state index >= 15 is 0 Å². The molecule has 0 saturated carbocycles. The van der Waals surface area contributed by atoms with Gasteiger partial charge in [0, 0.05) is 11.4 Å². The summed E-state index contributed by atoms with van der Waals surface area (Å²) in [5.41, 5.74) is -0.359. The molecule has 20 heavy (non-hydrogen) atoms. The molecule has 1 aromatic carbocycles. The van der Waals surface area contributed by atoms with Crippen molar-refractivity contribution in [1.29, 1.82) is 0 Å². The molecule has 3 nitrogen and oxygen atoms in total. The Hall–Kier alpha value is -1.60. The molecule has 0 spiro atoms. The van der Waals surface area contributed by atoms with Gasteiger partial charge in [-0.15, -0.1) is 11.3 Å². The van der Waals surface area contributed by atoms with Crippen molar-refractivity contribution in [3.05, 3.63) is 50.4 Å². The van der Waals surface area contributed by atoms with Gasteiger partial charge in [-0.05, 0) is 17.7 Å². The highest BCUT2D eigenvalue weighted by atomic mass is 35.5. The molecule has 8 heteroatoms. The highest BCUT2D eigenvalue weighted by molar-refractivity contribution is 7.13. The molecule has 0 unspecified atom stereocenters. The number of carbonyl (C=O) groups is 1. The highest BCUT2D eigenvalue weighted by Gasteiger charge is 2.30. The summed E-state index contributed by atoms with van der Waals surface area (Å²) in [6, 6.07) is 3.06. The number of carboxylic acid groups (broad SMARTS) is 1. The summed E-state index contributed by atoms with van der Waals surface area (Å²) in [5, 5.41) is 9.22. The monoisotopic (exact) mass is 321 g/mol. The van der Waals surface area contributed by atoms with Crippen molar-refractivity contribution in [2.24, 2.45) is 0 Å². The van der Waals surface area contributed by atoms with Gasteiger partial charge in [-0.1, -0.05) is 17.7 Å². The number of aromatic nitrogens is 1. The molecule has 1 N–H and O–H groups in total. The van der Waals surface area contributed by atoms with Gasteiger partial charge in [-0.3, -0.25) is 0 Å². The summed E-state index contributed by atoms with van der Waals surface area (Å²) in [6.07, 6.45) is -3.05. The lowest BCUT2D eigenvalue weighted by Gasteiger charge is -2.09. The fraction of sp³-hybridized carbons (Fsp3) is 0.167. The second kappa shape index (κ2) is 5.41. The zero-order chi connectivity index (χ0) is 14.9. The molecule has 0 radical (unpaired) electrons. The third-order valence-electron chi connectivity index (χ3n) is 2.49. The highest BCUT2D eigenvalue weighted by Crippen LogP contribution is 2.32. The first-order valence-corrected chi connectivity index (χ1v) is 6.50. The Balaban J connectivity index is 2.23. The van der Waals surface area contributed by atoms with Gasteiger partial charge in [-0.25, -0.2) is 9.78 Å². The van der Waals surface area contributed by atoms with Crippen LogP contribution in [-0.4, -0.2) is 16.1 Å². The average Bonchev–Trinajstić information content (AvgIpc) is 2.79. The zero-order valence-corrected chi connectivity index (χ0v) is 11.3. The fourth-order valence-electron chi connectivity index (χ4n) is 1.52. The van der Waals surface area contributed by atoms with E-state index in [1.807, 2.05) is 0 Å². The molecular formula is C12H7ClF3NO2S. The fourth-order valence-corrected chi connectivity index (χ4v) is 2.55. The molecule has 106 valence electrons. The maximum atomic E-state index is 12.5. The van der Waals surface area contributed by atoms with Crippen LogP contribution in [0.4, 0.5) is 13.2 Å². The number of hydrogen-bond donors (Lipinski definition) is 1. The van der Waals surface area contributed by atoms with Crippen LogP contribution < -0.4 is 0 Å². The minimum absolute atomic E-state index is 0.0214. The molecule has 2 rings (SSSR count). The summed E-state index contributed by atoms with van der Waals surface area (Å²) >= 11 is 6.78. The Morgan fingerprint density at radius 1 is 1.40 bits per heavy atom. The second-order valence-electron chi connectivity index (χ2n) is 3.90. The van der Waals surface area contributed by atoms with Gasteiger partial charge in [0.25, 0.3) is 0 Å². The van der Waals surface area contributed by atoms with Crippen LogP contribution in [0.5, 0.6) is 0 Å². The molecule has 0 bridgehead atoms. The molecule has 0 amide bonds. The van der Waals surface area contributed by atoms with E-state index in [1.54, 1.807) is 0 Å². The van der Waals surface area contributed by atoms with E-state index in [0.717, 1.165) is 23.5 Å². The van der Waals surface area contributed by atoms with Gasteiger partial charge >= 0.3 is 12.1 Å². The van der Waals surface area contributed by atoms with Crippen molar-refractivity contribution in [2.75, 3.05) is 0 Å². The first-order valence-electron chi connectivity index (χ1n) is 5.31. The molecule has 0 aliphatic heterocycles. The van der Waals surface area contributed by atoms with Gasteiger partial charge in [0.2, 0.25) is 0 Å². The van der Waals surface area contributed by atoms with Crippen LogP contribution in [-0.2, 0) is 12.6 Å². The van der Waals surface area contributed by atoms with E-state index in [9.17, 15) is 18.0 Å². The van der Waals surface area contributed by atoms with E-state index < -0.39 is 17.7 Å². The molecule has 1 heterocycles. The van der Waals surface area contributed by atoms with Crippen LogP contribution in [0.2, 0.25) is 5.02 Å². The smallest absolute Gasteiger partial charge is 0.416 e. The van der Waals surface area contributed by atoms with Crippen LogP contribution in [0.1, 0.15) is 25.8 Å². The number of alkyl halides is 3. The van der Waals surface area contributed by atoms with Gasteiger partial charge in [0.05, 0.1) is 16.8 Å². The summed E-state index contributed by atoms with van der Waals surface area (Å²) < 4.78 is 37.5. The summed E-state index contributed by atoms with van der Waals surface area (Å²) in [5.74, 6) is -1.09. The molecule has 0 fully saturated rings. The molecule has 0 aliphatic carbocycles. The quantitative estimate of drug-likeness (QED) is 0.925. The third kappa shape index (κ3) is 3.29. The predicted octanol–water partition coefficient (Wildman–Crippen LogP) is 4.10. The number of hydrogen-bond acceptors (Lipinski definition) is 3. The van der Waals surface area contributed by atoms with Crippen LogP contribution >= 0.6 is 22.9 Å². The largest absolute Gasteiger partial charge is 0.477 e. The lowest BCUT2D eigenvalue weighted by Crippen LogP contribution is -2.05. The standard InChI is InChI=1S/C12H7ClF3NO2S/c13-8-4-7(12(14,15)16)2-1-6(8)3-10-17-5-9(20-10)11(18)19/h1-2,4-5H,3H2,(H,18,19). The normalized spacial score (nSPS) is 11.6. The van der Waals surface area contributed by atoms with Gasteiger partial charge in [-0.2, -0.15) is 13.2 Å². The number of rotatable bonds is 3. The van der Waals surface area contributed by atoms with Crippen molar-refractivity contribution in [3.8, 4) is 0 Å². The van der Waals surface area contributed by atoms with Crippen LogP contribution in [0.3, 0.4) is 0 Å². The molecule has 1 aromatic heterocycles. The average molecular weight is 322 g/mol. The van der Waals surface area contributed by atoms with E-state index in [-0.39, 0.29) is 16.3 Å². The number of aromatic carboxylic acids is 1. The topological polar surface area (TPSA) is 50.2 Å². The van der Waals surface area contributed by atoms with Crippen LogP contribution in [0.15, 0.2) is 24.4 Å². The Bertz CT molecular complexity index is 654. The molecule has 2 aromatic rings. The van der Waals surface area contributed by atoms with Crippen molar-refractivity contribution in [2.45, 2.75) is 12.6 Å². The molecule has 0 aliphatic rings. The number of carboxylic acids is 1. The Labute approximate surface area is 120 Å². The van der Waals surface area contributed by atoms with Gasteiger partial charge < -0.3 is 5.11 Å². The summed E-state index contributed by atoms with van der Waals surface area (Å²) in [6.45, 7) is 0. The third-order valence-corrected chi connectivity index (χ3v) is 3.82. The SMILES string of the molecule is O=C(O)c1cnc(Cc2ccc(C(F)(F)F)cc2Cl)s1. The number of nitrogens with zero attached hydrogens (tertiary/aromatic N) is 1. The Morgan fingerprint density at radius 2 is 2.10 bits per heavy atom. The maximum Gasteiger partial charge on any atom is 0.416 e. The number of thiazole rings is 1. The van der Waals surface area contributed by atoms with Crippen molar-refractivity contribution in [1.82, 2.24) is 4.98 Å². The van der Waals surface area contributed by atoms with E-state index in [4.69, 9.17) is 16.7 Å². The second-order valence-corrected chi connectivity index (χ2v) is 5.43. The first kappa shape index (κ1) is 14.8. The van der Waals surface area contributed by atoms with Crippen molar-refractivity contribution >= 4 is 28.9 Å². The number of halogens is 4. The molecule has 0 saturated heterocycles. The summed E-state index contributed by atoms with van der Waals surface area (Å²) in [4.78, 5) is 14.7. The van der Waals surface area contributed by atoms with Crippen molar-refractivity contribution < 1.29 is 23.1 Å². The zero-order valence-electron chi connectivity index (χ0n) is 9.74. The van der Waals surface area contributed by atoms with Crippen LogP contribution in [0, 0.1) is 0 Å².